The molecule has 1 saturated heterocycles. The number of hydrogen-bond acceptors (Lipinski definition) is 8. The predicted octanol–water partition coefficient (Wildman–Crippen LogP) is 2.26. The first-order valence-corrected chi connectivity index (χ1v) is 9.93. The molecule has 0 saturated carbocycles. The number of rotatable bonds is 4. The summed E-state index contributed by atoms with van der Waals surface area (Å²) in [5, 5.41) is 18.0. The van der Waals surface area contributed by atoms with Gasteiger partial charge in [-0.1, -0.05) is 0 Å². The molecule has 1 fully saturated rings. The fraction of sp³-hybridized carbons (Fsp3) is 0.286. The average Bonchev–Trinajstić information content (AvgIpc) is 3.46. The Morgan fingerprint density at radius 2 is 2.16 bits per heavy atom. The van der Waals surface area contributed by atoms with Crippen LogP contribution in [0.4, 0.5) is 11.5 Å². The molecular formula is C21H23N7O3S. The summed E-state index contributed by atoms with van der Waals surface area (Å²) in [6, 6.07) is 5.45. The lowest BCUT2D eigenvalue weighted by Gasteiger charge is -2.20. The Hall–Kier alpha value is -3.44. The highest BCUT2D eigenvalue weighted by Gasteiger charge is 2.26. The van der Waals surface area contributed by atoms with Crippen molar-refractivity contribution < 1.29 is 14.3 Å². The van der Waals surface area contributed by atoms with Gasteiger partial charge in [-0.15, -0.1) is 0 Å². The molecule has 0 spiro atoms. The molecule has 1 atom stereocenters. The van der Waals surface area contributed by atoms with Crippen molar-refractivity contribution in [1.82, 2.24) is 24.7 Å². The summed E-state index contributed by atoms with van der Waals surface area (Å²) < 4.78 is 7.18. The van der Waals surface area contributed by atoms with E-state index in [1.54, 1.807) is 16.9 Å². The van der Waals surface area contributed by atoms with Gasteiger partial charge in [-0.05, 0) is 31.5 Å². The van der Waals surface area contributed by atoms with Crippen molar-refractivity contribution in [2.75, 3.05) is 23.3 Å². The van der Waals surface area contributed by atoms with Gasteiger partial charge in [0.2, 0.25) is 5.89 Å². The summed E-state index contributed by atoms with van der Waals surface area (Å²) in [6.07, 6.45) is 5.05. The van der Waals surface area contributed by atoms with Crippen molar-refractivity contribution in [2.24, 2.45) is 7.05 Å². The molecule has 0 aliphatic carbocycles. The van der Waals surface area contributed by atoms with Gasteiger partial charge in [0.15, 0.2) is 17.2 Å². The minimum atomic E-state index is -0.424. The van der Waals surface area contributed by atoms with Crippen LogP contribution in [0.2, 0.25) is 0 Å². The van der Waals surface area contributed by atoms with Crippen LogP contribution in [0.1, 0.15) is 22.6 Å². The molecular weight excluding hydrogens is 430 g/mol. The molecule has 1 aliphatic heterocycles. The number of oxazole rings is 1. The molecule has 0 bridgehead atoms. The molecule has 166 valence electrons. The van der Waals surface area contributed by atoms with Gasteiger partial charge in [0.25, 0.3) is 5.91 Å². The van der Waals surface area contributed by atoms with E-state index < -0.39 is 12.0 Å². The normalized spacial score (nSPS) is 15.7. The van der Waals surface area contributed by atoms with Crippen molar-refractivity contribution in [3.63, 3.8) is 0 Å². The first kappa shape index (κ1) is 21.8. The second-order valence-electron chi connectivity index (χ2n) is 7.64. The molecule has 11 heteroatoms. The zero-order valence-corrected chi connectivity index (χ0v) is 18.6. The van der Waals surface area contributed by atoms with Gasteiger partial charge < -0.3 is 19.7 Å². The largest absolute Gasteiger partial charge is 0.444 e. The van der Waals surface area contributed by atoms with Crippen LogP contribution >= 0.6 is 13.5 Å². The number of aromatic nitrogens is 5. The number of fused-ring (bicyclic) bond motifs is 1. The number of nitrogens with zero attached hydrogens (tertiary/aromatic N) is 6. The molecule has 1 aliphatic rings. The highest BCUT2D eigenvalue weighted by atomic mass is 32.1. The van der Waals surface area contributed by atoms with E-state index in [4.69, 9.17) is 4.42 Å². The van der Waals surface area contributed by atoms with E-state index in [-0.39, 0.29) is 19.2 Å². The Kier molecular flexibility index (Phi) is 5.85. The first-order chi connectivity index (χ1) is 15.0. The van der Waals surface area contributed by atoms with Crippen LogP contribution in [0.3, 0.4) is 0 Å². The maximum atomic E-state index is 12.9. The standard InChI is InChI=1S/C21H21N7O3.H2S/c1-12-7-13(3-5-22-12)21-24-17(11-31-21)20(30)23-16-8-14-9-27(2)26-18(14)25-19(16)28-6-4-15(29)10-28;/h3,5,7-9,11,15,29H,4,6,10H2,1-2H3,(H,23,30);1H2/t15-;/m0./s1. The van der Waals surface area contributed by atoms with Crippen LogP contribution in [0.15, 0.2) is 41.3 Å². The average molecular weight is 454 g/mol. The summed E-state index contributed by atoms with van der Waals surface area (Å²) in [7, 11) is 1.82. The number of nitrogens with one attached hydrogen (secondary N) is 1. The predicted molar refractivity (Wildman–Crippen MR) is 124 cm³/mol. The maximum Gasteiger partial charge on any atom is 0.277 e. The summed E-state index contributed by atoms with van der Waals surface area (Å²) in [4.78, 5) is 28.0. The molecule has 1 amide bonds. The van der Waals surface area contributed by atoms with Crippen molar-refractivity contribution in [3.05, 3.63) is 48.2 Å². The third kappa shape index (κ3) is 4.16. The Morgan fingerprint density at radius 3 is 2.91 bits per heavy atom. The SMILES string of the molecule is Cc1cc(-c2nc(C(=O)Nc3cc4cn(C)nc4nc3N3CC[C@H](O)C3)co2)ccn1.S. The number of amides is 1. The quantitative estimate of drug-likeness (QED) is 0.483. The zero-order chi connectivity index (χ0) is 21.5. The van der Waals surface area contributed by atoms with Crippen LogP contribution in [0.5, 0.6) is 0 Å². The molecule has 2 N–H and O–H groups in total. The molecule has 0 unspecified atom stereocenters. The topological polar surface area (TPSA) is 122 Å². The lowest BCUT2D eigenvalue weighted by atomic mass is 10.2. The number of hydrogen-bond donors (Lipinski definition) is 2. The number of anilines is 2. The molecule has 0 aromatic carbocycles. The van der Waals surface area contributed by atoms with Gasteiger partial charge in [-0.3, -0.25) is 14.5 Å². The minimum Gasteiger partial charge on any atom is -0.444 e. The molecule has 10 nitrogen and oxygen atoms in total. The van der Waals surface area contributed by atoms with Crippen LogP contribution in [0, 0.1) is 6.92 Å². The number of carbonyl (C=O) groups excluding carboxylic acids is 1. The molecule has 0 radical (unpaired) electrons. The van der Waals surface area contributed by atoms with E-state index in [9.17, 15) is 9.90 Å². The first-order valence-electron chi connectivity index (χ1n) is 9.93. The minimum absolute atomic E-state index is 0. The summed E-state index contributed by atoms with van der Waals surface area (Å²) >= 11 is 0. The molecule has 5 rings (SSSR count). The van der Waals surface area contributed by atoms with Crippen LogP contribution in [-0.2, 0) is 7.05 Å². The fourth-order valence-electron chi connectivity index (χ4n) is 3.71. The molecule has 5 heterocycles. The monoisotopic (exact) mass is 453 g/mol. The Balaban J connectivity index is 0.00000245. The zero-order valence-electron chi connectivity index (χ0n) is 17.6. The third-order valence-electron chi connectivity index (χ3n) is 5.18. The number of aliphatic hydroxyl groups excluding tert-OH is 1. The van der Waals surface area contributed by atoms with Crippen molar-refractivity contribution in [3.8, 4) is 11.5 Å². The molecule has 4 aromatic rings. The van der Waals surface area contributed by atoms with Crippen molar-refractivity contribution in [1.29, 1.82) is 0 Å². The summed E-state index contributed by atoms with van der Waals surface area (Å²) in [6.45, 7) is 2.97. The third-order valence-corrected chi connectivity index (χ3v) is 5.18. The van der Waals surface area contributed by atoms with Crippen molar-refractivity contribution >= 4 is 41.9 Å². The van der Waals surface area contributed by atoms with E-state index in [2.05, 4.69) is 25.4 Å². The molecule has 32 heavy (non-hydrogen) atoms. The summed E-state index contributed by atoms with van der Waals surface area (Å²) in [5.41, 5.74) is 2.84. The number of carbonyl (C=O) groups is 1. The number of β-amino-alcohol motifs (C(OH)–C–C–N with tert-alkyl or cyclic N) is 1. The highest BCUT2D eigenvalue weighted by molar-refractivity contribution is 7.59. The van der Waals surface area contributed by atoms with Crippen LogP contribution < -0.4 is 10.2 Å². The van der Waals surface area contributed by atoms with Crippen molar-refractivity contribution in [2.45, 2.75) is 19.4 Å². The highest BCUT2D eigenvalue weighted by Crippen LogP contribution is 2.31. The maximum absolute atomic E-state index is 12.9. The van der Waals surface area contributed by atoms with E-state index in [1.165, 1.54) is 6.26 Å². The van der Waals surface area contributed by atoms with Gasteiger partial charge >= 0.3 is 0 Å². The second kappa shape index (κ2) is 8.60. The van der Waals surface area contributed by atoms with Crippen LogP contribution in [-0.4, -0.2) is 54.9 Å². The van der Waals surface area contributed by atoms with E-state index in [1.807, 2.05) is 37.2 Å². The van der Waals surface area contributed by atoms with E-state index >= 15 is 0 Å². The van der Waals surface area contributed by atoms with Gasteiger partial charge in [-0.2, -0.15) is 18.6 Å². The van der Waals surface area contributed by atoms with Gasteiger partial charge in [0.1, 0.15) is 6.26 Å². The Labute approximate surface area is 190 Å². The molecule has 4 aromatic heterocycles. The lowest BCUT2D eigenvalue weighted by Crippen LogP contribution is -2.24. The van der Waals surface area contributed by atoms with Gasteiger partial charge in [-0.25, -0.2) is 9.97 Å². The van der Waals surface area contributed by atoms with E-state index in [0.717, 1.165) is 16.6 Å². The van der Waals surface area contributed by atoms with Crippen LogP contribution in [0.25, 0.3) is 22.5 Å². The fourth-order valence-corrected chi connectivity index (χ4v) is 3.71. The smallest absolute Gasteiger partial charge is 0.277 e. The Bertz CT molecular complexity index is 1290. The second-order valence-corrected chi connectivity index (χ2v) is 7.64. The van der Waals surface area contributed by atoms with Gasteiger partial charge in [0, 0.05) is 49.2 Å². The number of aliphatic hydroxyl groups is 1. The lowest BCUT2D eigenvalue weighted by molar-refractivity contribution is 0.102. The Morgan fingerprint density at radius 1 is 1.31 bits per heavy atom. The number of aryl methyl sites for hydroxylation is 2. The number of pyridine rings is 2. The van der Waals surface area contributed by atoms with E-state index in [0.29, 0.717) is 42.6 Å². The summed E-state index contributed by atoms with van der Waals surface area (Å²) in [5.74, 6) is 0.510. The van der Waals surface area contributed by atoms with Gasteiger partial charge in [0.05, 0.1) is 11.8 Å².